The van der Waals surface area contributed by atoms with Crippen LogP contribution in [0.3, 0.4) is 0 Å². The number of para-hydroxylation sites is 2. The topological polar surface area (TPSA) is 74.8 Å². The molecule has 0 saturated carbocycles. The quantitative estimate of drug-likeness (QED) is 0.800. The first-order valence-corrected chi connectivity index (χ1v) is 8.00. The van der Waals surface area contributed by atoms with Gasteiger partial charge in [0, 0.05) is 13.1 Å². The van der Waals surface area contributed by atoms with E-state index in [4.69, 9.17) is 0 Å². The third kappa shape index (κ3) is 2.26. The molecule has 0 radical (unpaired) electrons. The van der Waals surface area contributed by atoms with Gasteiger partial charge in [-0.3, -0.25) is 19.2 Å². The van der Waals surface area contributed by atoms with Crippen molar-refractivity contribution in [2.45, 2.75) is 6.42 Å². The van der Waals surface area contributed by atoms with Crippen molar-refractivity contribution in [1.82, 2.24) is 0 Å². The largest absolute Gasteiger partial charge is 0.305 e. The van der Waals surface area contributed by atoms with Crippen LogP contribution < -0.4 is 9.80 Å². The van der Waals surface area contributed by atoms with Crippen LogP contribution in [0.15, 0.2) is 48.5 Å². The maximum absolute atomic E-state index is 12.1. The molecule has 2 heterocycles. The van der Waals surface area contributed by atoms with E-state index in [1.807, 2.05) is 0 Å². The zero-order valence-corrected chi connectivity index (χ0v) is 13.3. The number of rotatable bonds is 4. The summed E-state index contributed by atoms with van der Waals surface area (Å²) in [5.74, 6) is -2.11. The highest BCUT2D eigenvalue weighted by atomic mass is 16.2. The molecule has 0 saturated heterocycles. The van der Waals surface area contributed by atoms with Gasteiger partial charge in [-0.2, -0.15) is 0 Å². The fraction of sp³-hybridized carbons (Fsp3) is 0.158. The van der Waals surface area contributed by atoms with Crippen molar-refractivity contribution in [1.29, 1.82) is 0 Å². The number of carbonyl (C=O) groups excluding carboxylic acids is 4. The first-order chi connectivity index (χ1) is 12.1. The van der Waals surface area contributed by atoms with E-state index in [1.165, 1.54) is 9.80 Å². The summed E-state index contributed by atoms with van der Waals surface area (Å²) >= 11 is 0. The number of ketones is 2. The molecule has 0 bridgehead atoms. The monoisotopic (exact) mass is 334 g/mol. The first-order valence-electron chi connectivity index (χ1n) is 8.00. The minimum absolute atomic E-state index is 0.307. The van der Waals surface area contributed by atoms with Crippen LogP contribution in [0.1, 0.15) is 27.1 Å². The standard InChI is InChI=1S/C19H14N2O4/c22-16-12-6-1-3-8-14(12)20(18(16)24)10-5-11-21-15-9-4-2-7-13(15)17(23)19(21)25/h1-4,6-9H,5,10-11H2. The summed E-state index contributed by atoms with van der Waals surface area (Å²) < 4.78 is 0. The molecule has 2 aromatic carbocycles. The maximum atomic E-state index is 12.1. The summed E-state index contributed by atoms with van der Waals surface area (Å²) in [4.78, 5) is 51.1. The number of fused-ring (bicyclic) bond motifs is 2. The average molecular weight is 334 g/mol. The highest BCUT2D eigenvalue weighted by Gasteiger charge is 2.37. The van der Waals surface area contributed by atoms with E-state index in [9.17, 15) is 19.2 Å². The van der Waals surface area contributed by atoms with Crippen molar-refractivity contribution in [2.75, 3.05) is 22.9 Å². The lowest BCUT2D eigenvalue weighted by Crippen LogP contribution is -2.35. The molecule has 0 spiro atoms. The summed E-state index contributed by atoms with van der Waals surface area (Å²) in [5.41, 5.74) is 2.01. The number of benzene rings is 2. The molecule has 0 N–H and O–H groups in total. The normalized spacial score (nSPS) is 15.8. The SMILES string of the molecule is O=C1C(=O)N(CCCN2C(=O)C(=O)c3ccccc32)c2ccccc21. The van der Waals surface area contributed by atoms with E-state index >= 15 is 0 Å². The summed E-state index contributed by atoms with van der Waals surface area (Å²) in [7, 11) is 0. The predicted octanol–water partition coefficient (Wildman–Crippen LogP) is 1.84. The smallest absolute Gasteiger partial charge is 0.299 e. The van der Waals surface area contributed by atoms with Crippen molar-refractivity contribution in [2.24, 2.45) is 0 Å². The van der Waals surface area contributed by atoms with Crippen molar-refractivity contribution in [3.8, 4) is 0 Å². The van der Waals surface area contributed by atoms with Crippen LogP contribution >= 0.6 is 0 Å². The molecule has 4 rings (SSSR count). The molecule has 2 aliphatic rings. The summed E-state index contributed by atoms with van der Waals surface area (Å²) in [6.07, 6.45) is 0.459. The van der Waals surface area contributed by atoms with E-state index in [0.717, 1.165) is 0 Å². The molecular formula is C19H14N2O4. The van der Waals surface area contributed by atoms with Gasteiger partial charge < -0.3 is 9.80 Å². The fourth-order valence-electron chi connectivity index (χ4n) is 3.33. The van der Waals surface area contributed by atoms with Crippen molar-refractivity contribution < 1.29 is 19.2 Å². The molecule has 2 aromatic rings. The molecule has 2 aliphatic heterocycles. The fourth-order valence-corrected chi connectivity index (χ4v) is 3.33. The summed E-state index contributed by atoms with van der Waals surface area (Å²) in [6, 6.07) is 13.7. The average Bonchev–Trinajstić information content (AvgIpc) is 3.03. The molecule has 2 amide bonds. The Balaban J connectivity index is 1.49. The molecule has 0 atom stereocenters. The van der Waals surface area contributed by atoms with E-state index in [1.54, 1.807) is 48.5 Å². The van der Waals surface area contributed by atoms with Gasteiger partial charge in [0.05, 0.1) is 22.5 Å². The lowest BCUT2D eigenvalue weighted by molar-refractivity contribution is -0.114. The second-order valence-corrected chi connectivity index (χ2v) is 5.96. The molecule has 0 fully saturated rings. The highest BCUT2D eigenvalue weighted by Crippen LogP contribution is 2.30. The molecule has 124 valence electrons. The van der Waals surface area contributed by atoms with E-state index in [-0.39, 0.29) is 0 Å². The second kappa shape index (κ2) is 5.66. The lowest BCUT2D eigenvalue weighted by Gasteiger charge is -2.20. The Hall–Kier alpha value is -3.28. The minimum Gasteiger partial charge on any atom is -0.305 e. The molecular weight excluding hydrogens is 320 g/mol. The van der Waals surface area contributed by atoms with Crippen molar-refractivity contribution in [3.63, 3.8) is 0 Å². The van der Waals surface area contributed by atoms with Gasteiger partial charge in [0.25, 0.3) is 23.4 Å². The molecule has 0 unspecified atom stereocenters. The number of nitrogens with zero attached hydrogens (tertiary/aromatic N) is 2. The number of carbonyl (C=O) groups is 4. The van der Waals surface area contributed by atoms with Gasteiger partial charge in [-0.15, -0.1) is 0 Å². The number of anilines is 2. The van der Waals surface area contributed by atoms with Crippen LogP contribution in [0.25, 0.3) is 0 Å². The third-order valence-corrected chi connectivity index (χ3v) is 4.52. The van der Waals surface area contributed by atoms with Gasteiger partial charge in [0.15, 0.2) is 0 Å². The Kier molecular flexibility index (Phi) is 3.46. The van der Waals surface area contributed by atoms with Crippen LogP contribution in [-0.2, 0) is 9.59 Å². The van der Waals surface area contributed by atoms with Gasteiger partial charge >= 0.3 is 0 Å². The lowest BCUT2D eigenvalue weighted by atomic mass is 10.1. The molecule has 25 heavy (non-hydrogen) atoms. The van der Waals surface area contributed by atoms with Crippen molar-refractivity contribution in [3.05, 3.63) is 59.7 Å². The Morgan fingerprint density at radius 2 is 1.00 bits per heavy atom. The van der Waals surface area contributed by atoms with E-state index in [2.05, 4.69) is 0 Å². The zero-order valence-electron chi connectivity index (χ0n) is 13.3. The Bertz CT molecular complexity index is 859. The van der Waals surface area contributed by atoms with Gasteiger partial charge in [-0.25, -0.2) is 0 Å². The minimum atomic E-state index is -0.551. The molecule has 6 nitrogen and oxygen atoms in total. The third-order valence-electron chi connectivity index (χ3n) is 4.52. The number of Topliss-reactive ketones (excluding diaryl/α,β-unsaturated/α-hetero) is 2. The Labute approximate surface area is 143 Å². The van der Waals surface area contributed by atoms with Crippen LogP contribution in [0.2, 0.25) is 0 Å². The van der Waals surface area contributed by atoms with Gasteiger partial charge in [0.1, 0.15) is 0 Å². The predicted molar refractivity (Wildman–Crippen MR) is 90.9 cm³/mol. The van der Waals surface area contributed by atoms with Crippen LogP contribution in [-0.4, -0.2) is 36.5 Å². The molecule has 0 aliphatic carbocycles. The maximum Gasteiger partial charge on any atom is 0.299 e. The summed E-state index contributed by atoms with van der Waals surface area (Å²) in [5, 5.41) is 0. The van der Waals surface area contributed by atoms with E-state index in [0.29, 0.717) is 42.0 Å². The zero-order chi connectivity index (χ0) is 17.6. The molecule has 6 heteroatoms. The first kappa shape index (κ1) is 15.3. The number of amides is 2. The second-order valence-electron chi connectivity index (χ2n) is 5.96. The van der Waals surface area contributed by atoms with Crippen LogP contribution in [0.5, 0.6) is 0 Å². The highest BCUT2D eigenvalue weighted by molar-refractivity contribution is 6.53. The van der Waals surface area contributed by atoms with Gasteiger partial charge in [-0.05, 0) is 30.7 Å². The molecule has 0 aromatic heterocycles. The van der Waals surface area contributed by atoms with Crippen molar-refractivity contribution >= 4 is 34.8 Å². The number of hydrogen-bond acceptors (Lipinski definition) is 4. The van der Waals surface area contributed by atoms with Gasteiger partial charge in [0.2, 0.25) is 0 Å². The van der Waals surface area contributed by atoms with E-state index < -0.39 is 23.4 Å². The Morgan fingerprint density at radius 1 is 0.600 bits per heavy atom. The Morgan fingerprint density at radius 3 is 1.44 bits per heavy atom. The summed E-state index contributed by atoms with van der Waals surface area (Å²) in [6.45, 7) is 0.615. The van der Waals surface area contributed by atoms with Crippen LogP contribution in [0, 0.1) is 0 Å². The van der Waals surface area contributed by atoms with Gasteiger partial charge in [-0.1, -0.05) is 24.3 Å². The van der Waals surface area contributed by atoms with Crippen LogP contribution in [0.4, 0.5) is 11.4 Å². The number of hydrogen-bond donors (Lipinski definition) is 0.